The van der Waals surface area contributed by atoms with E-state index in [9.17, 15) is 22.4 Å². The van der Waals surface area contributed by atoms with Gasteiger partial charge in [0.25, 0.3) is 0 Å². The third-order valence-electron chi connectivity index (χ3n) is 3.74. The highest BCUT2D eigenvalue weighted by Crippen LogP contribution is 2.38. The average Bonchev–Trinajstić information content (AvgIpc) is 2.90. The summed E-state index contributed by atoms with van der Waals surface area (Å²) in [5.74, 6) is -2.34. The average molecular weight is 415 g/mol. The van der Waals surface area contributed by atoms with Crippen molar-refractivity contribution in [3.05, 3.63) is 58.6 Å². The van der Waals surface area contributed by atoms with Crippen LogP contribution in [-0.2, 0) is 10.9 Å². The molecule has 1 aromatic carbocycles. The molecule has 9 heteroatoms. The first-order chi connectivity index (χ1) is 12.9. The Morgan fingerprint density at radius 1 is 1.14 bits per heavy atom. The van der Waals surface area contributed by atoms with Crippen molar-refractivity contribution in [2.45, 2.75) is 32.5 Å². The molecule has 0 radical (unpaired) electrons. The summed E-state index contributed by atoms with van der Waals surface area (Å²) in [5, 5.41) is 0.357. The molecule has 0 fully saturated rings. The van der Waals surface area contributed by atoms with Crippen LogP contribution in [0, 0.1) is 5.82 Å². The number of ether oxygens (including phenoxy) is 1. The number of rotatable bonds is 2. The van der Waals surface area contributed by atoms with Crippen LogP contribution in [0.5, 0.6) is 0 Å². The van der Waals surface area contributed by atoms with E-state index >= 15 is 0 Å². The largest absolute Gasteiger partial charge is 0.455 e. The molecule has 0 atom stereocenters. The Balaban J connectivity index is 2.38. The standard InChI is InChI=1S/C19H15ClF4N2O2/c1-18(2,3)28-17(27)13-9-10-7-8-14(20)25-16(10)26(13)12-6-4-5-11(21)15(12)19(22,23)24/h4-9H,1-3H3. The fourth-order valence-electron chi connectivity index (χ4n) is 2.76. The number of benzene rings is 1. The van der Waals surface area contributed by atoms with Crippen molar-refractivity contribution >= 4 is 28.6 Å². The van der Waals surface area contributed by atoms with E-state index in [4.69, 9.17) is 16.3 Å². The Bertz CT molecular complexity index is 1070. The molecular weight excluding hydrogens is 400 g/mol. The smallest absolute Gasteiger partial charge is 0.421 e. The predicted octanol–water partition coefficient (Wildman–Crippen LogP) is 5.79. The Morgan fingerprint density at radius 2 is 1.82 bits per heavy atom. The summed E-state index contributed by atoms with van der Waals surface area (Å²) < 4.78 is 61.1. The lowest BCUT2D eigenvalue weighted by Crippen LogP contribution is -2.26. The molecular formula is C19H15ClF4N2O2. The molecule has 0 saturated heterocycles. The Labute approximate surface area is 162 Å². The lowest BCUT2D eigenvalue weighted by Gasteiger charge is -2.21. The van der Waals surface area contributed by atoms with E-state index in [1.807, 2.05) is 0 Å². The number of pyridine rings is 1. The Kier molecular flexibility index (Phi) is 4.87. The molecule has 0 aliphatic rings. The number of carbonyl (C=O) groups is 1. The lowest BCUT2D eigenvalue weighted by molar-refractivity contribution is -0.139. The topological polar surface area (TPSA) is 44.1 Å². The zero-order valence-corrected chi connectivity index (χ0v) is 15.8. The Morgan fingerprint density at radius 3 is 2.43 bits per heavy atom. The number of carbonyl (C=O) groups excluding carboxylic acids is 1. The maximum absolute atomic E-state index is 14.1. The van der Waals surface area contributed by atoms with Crippen molar-refractivity contribution < 1.29 is 27.1 Å². The number of halogens is 5. The van der Waals surface area contributed by atoms with Gasteiger partial charge in [0.15, 0.2) is 0 Å². The van der Waals surface area contributed by atoms with Crippen LogP contribution in [0.4, 0.5) is 17.6 Å². The van der Waals surface area contributed by atoms with E-state index in [0.29, 0.717) is 11.5 Å². The molecule has 4 nitrogen and oxygen atoms in total. The van der Waals surface area contributed by atoms with Gasteiger partial charge in [-0.1, -0.05) is 17.7 Å². The van der Waals surface area contributed by atoms with Crippen molar-refractivity contribution in [1.29, 1.82) is 0 Å². The van der Waals surface area contributed by atoms with Crippen molar-refractivity contribution in [3.8, 4) is 5.69 Å². The molecule has 0 aliphatic carbocycles. The lowest BCUT2D eigenvalue weighted by atomic mass is 10.1. The fraction of sp³-hybridized carbons (Fsp3) is 0.263. The predicted molar refractivity (Wildman–Crippen MR) is 96.2 cm³/mol. The summed E-state index contributed by atoms with van der Waals surface area (Å²) in [6.45, 7) is 4.86. The summed E-state index contributed by atoms with van der Waals surface area (Å²) in [6, 6.07) is 7.14. The van der Waals surface area contributed by atoms with E-state index in [1.165, 1.54) is 18.2 Å². The first-order valence-electron chi connectivity index (χ1n) is 8.16. The highest BCUT2D eigenvalue weighted by atomic mass is 35.5. The van der Waals surface area contributed by atoms with Crippen LogP contribution >= 0.6 is 11.6 Å². The quantitative estimate of drug-likeness (QED) is 0.303. The minimum absolute atomic E-state index is 0.00699. The molecule has 0 N–H and O–H groups in total. The summed E-state index contributed by atoms with van der Waals surface area (Å²) in [7, 11) is 0. The molecule has 0 amide bonds. The molecule has 3 aromatic rings. The van der Waals surface area contributed by atoms with E-state index in [1.54, 1.807) is 20.8 Å². The SMILES string of the molecule is CC(C)(C)OC(=O)c1cc2ccc(Cl)nc2n1-c1cccc(F)c1C(F)(F)F. The van der Waals surface area contributed by atoms with Crippen LogP contribution in [0.2, 0.25) is 5.15 Å². The molecule has 0 saturated carbocycles. The van der Waals surface area contributed by atoms with Gasteiger partial charge in [-0.2, -0.15) is 13.2 Å². The first kappa shape index (κ1) is 20.1. The van der Waals surface area contributed by atoms with Gasteiger partial charge in [0.1, 0.15) is 33.5 Å². The second kappa shape index (κ2) is 6.77. The summed E-state index contributed by atoms with van der Waals surface area (Å²) in [6.07, 6.45) is -5.00. The summed E-state index contributed by atoms with van der Waals surface area (Å²) >= 11 is 5.90. The molecule has 0 aliphatic heterocycles. The third-order valence-corrected chi connectivity index (χ3v) is 3.95. The Hall–Kier alpha value is -2.61. The van der Waals surface area contributed by atoms with Gasteiger partial charge < -0.3 is 4.74 Å². The van der Waals surface area contributed by atoms with Crippen molar-refractivity contribution in [3.63, 3.8) is 0 Å². The first-order valence-corrected chi connectivity index (χ1v) is 8.54. The minimum Gasteiger partial charge on any atom is -0.455 e. The molecule has 0 unspecified atom stereocenters. The molecule has 148 valence electrons. The number of aromatic nitrogens is 2. The van der Waals surface area contributed by atoms with Gasteiger partial charge in [-0.05, 0) is 51.1 Å². The zero-order chi connectivity index (χ0) is 20.9. The number of nitrogens with zero attached hydrogens (tertiary/aromatic N) is 2. The highest BCUT2D eigenvalue weighted by Gasteiger charge is 2.38. The fourth-order valence-corrected chi connectivity index (χ4v) is 2.90. The molecule has 2 heterocycles. The van der Waals surface area contributed by atoms with Crippen molar-refractivity contribution in [1.82, 2.24) is 9.55 Å². The molecule has 0 bridgehead atoms. The van der Waals surface area contributed by atoms with Gasteiger partial charge in [0.2, 0.25) is 0 Å². The maximum atomic E-state index is 14.1. The number of fused-ring (bicyclic) bond motifs is 1. The van der Waals surface area contributed by atoms with Crippen LogP contribution < -0.4 is 0 Å². The van der Waals surface area contributed by atoms with Gasteiger partial charge in [-0.25, -0.2) is 14.2 Å². The number of esters is 1. The van der Waals surface area contributed by atoms with Crippen LogP contribution in [0.15, 0.2) is 36.4 Å². The number of alkyl halides is 3. The molecule has 2 aromatic heterocycles. The second-order valence-corrected chi connectivity index (χ2v) is 7.43. The van der Waals surface area contributed by atoms with Gasteiger partial charge in [0.05, 0.1) is 5.69 Å². The summed E-state index contributed by atoms with van der Waals surface area (Å²) in [4.78, 5) is 16.7. The van der Waals surface area contributed by atoms with Gasteiger partial charge in [-0.3, -0.25) is 4.57 Å². The summed E-state index contributed by atoms with van der Waals surface area (Å²) in [5.41, 5.74) is -3.24. The van der Waals surface area contributed by atoms with Crippen molar-refractivity contribution in [2.24, 2.45) is 0 Å². The van der Waals surface area contributed by atoms with Crippen LogP contribution in [-0.4, -0.2) is 21.1 Å². The van der Waals surface area contributed by atoms with E-state index in [2.05, 4.69) is 4.98 Å². The zero-order valence-electron chi connectivity index (χ0n) is 15.1. The van der Waals surface area contributed by atoms with Crippen LogP contribution in [0.25, 0.3) is 16.7 Å². The molecule has 3 rings (SSSR count). The van der Waals surface area contributed by atoms with Crippen LogP contribution in [0.1, 0.15) is 36.8 Å². The molecule has 28 heavy (non-hydrogen) atoms. The minimum atomic E-state index is -5.00. The highest BCUT2D eigenvalue weighted by molar-refractivity contribution is 6.29. The number of hydrogen-bond acceptors (Lipinski definition) is 3. The van der Waals surface area contributed by atoms with Gasteiger partial charge in [-0.15, -0.1) is 0 Å². The third kappa shape index (κ3) is 3.82. The van der Waals surface area contributed by atoms with Gasteiger partial charge >= 0.3 is 12.1 Å². The monoisotopic (exact) mass is 414 g/mol. The maximum Gasteiger partial charge on any atom is 0.421 e. The van der Waals surface area contributed by atoms with Crippen LogP contribution in [0.3, 0.4) is 0 Å². The van der Waals surface area contributed by atoms with Crippen molar-refractivity contribution in [2.75, 3.05) is 0 Å². The molecule has 0 spiro atoms. The normalized spacial score (nSPS) is 12.4. The second-order valence-electron chi connectivity index (χ2n) is 7.05. The van der Waals surface area contributed by atoms with E-state index in [0.717, 1.165) is 16.7 Å². The van der Waals surface area contributed by atoms with E-state index in [-0.39, 0.29) is 16.5 Å². The number of hydrogen-bond donors (Lipinski definition) is 0. The van der Waals surface area contributed by atoms with Gasteiger partial charge in [0, 0.05) is 5.39 Å². The van der Waals surface area contributed by atoms with E-state index < -0.39 is 34.8 Å².